The Morgan fingerprint density at radius 3 is 2.27 bits per heavy atom. The highest BCUT2D eigenvalue weighted by Gasteiger charge is 2.28. The van der Waals surface area contributed by atoms with Gasteiger partial charge >= 0.3 is 0 Å². The van der Waals surface area contributed by atoms with E-state index in [4.69, 9.17) is 14.5 Å². The highest BCUT2D eigenvalue weighted by molar-refractivity contribution is 5.83. The zero-order chi connectivity index (χ0) is 25.9. The fourth-order valence-electron chi connectivity index (χ4n) is 5.32. The van der Waals surface area contributed by atoms with Crippen LogP contribution in [0.25, 0.3) is 22.3 Å². The van der Waals surface area contributed by atoms with Crippen LogP contribution in [-0.2, 0) is 7.05 Å². The molecule has 0 atom stereocenters. The number of methoxy groups -OCH3 is 2. The fraction of sp³-hybridized carbons (Fsp3) is 0.414. The van der Waals surface area contributed by atoms with Gasteiger partial charge in [0.25, 0.3) is 0 Å². The van der Waals surface area contributed by atoms with Gasteiger partial charge < -0.3 is 19.7 Å². The molecule has 1 aliphatic carbocycles. The van der Waals surface area contributed by atoms with Gasteiger partial charge in [-0.25, -0.2) is 4.98 Å². The van der Waals surface area contributed by atoms with E-state index < -0.39 is 0 Å². The van der Waals surface area contributed by atoms with Gasteiger partial charge in [0.05, 0.1) is 43.3 Å². The van der Waals surface area contributed by atoms with Crippen molar-refractivity contribution in [1.82, 2.24) is 25.1 Å². The van der Waals surface area contributed by atoms with Crippen molar-refractivity contribution in [3.63, 3.8) is 0 Å². The Kier molecular flexibility index (Phi) is 7.28. The molecule has 2 heterocycles. The van der Waals surface area contributed by atoms with E-state index in [2.05, 4.69) is 64.5 Å². The fourth-order valence-corrected chi connectivity index (χ4v) is 5.32. The second-order valence-corrected chi connectivity index (χ2v) is 10.1. The van der Waals surface area contributed by atoms with E-state index in [9.17, 15) is 0 Å². The lowest BCUT2D eigenvalue weighted by atomic mass is 9.89. The molecule has 0 amide bonds. The summed E-state index contributed by atoms with van der Waals surface area (Å²) in [6, 6.07) is 13.8. The average molecular weight is 501 g/mol. The minimum absolute atomic E-state index is 0.342. The summed E-state index contributed by atoms with van der Waals surface area (Å²) >= 11 is 0. The van der Waals surface area contributed by atoms with Crippen molar-refractivity contribution in [2.24, 2.45) is 7.05 Å². The first-order valence-corrected chi connectivity index (χ1v) is 13.0. The summed E-state index contributed by atoms with van der Waals surface area (Å²) in [6.45, 7) is 4.44. The van der Waals surface area contributed by atoms with Crippen molar-refractivity contribution in [2.45, 2.75) is 57.7 Å². The predicted molar refractivity (Wildman–Crippen MR) is 148 cm³/mol. The molecule has 0 spiro atoms. The molecule has 8 nitrogen and oxygen atoms in total. The highest BCUT2D eigenvalue weighted by Crippen LogP contribution is 2.39. The average Bonchev–Trinajstić information content (AvgIpc) is 3.35. The molecule has 1 N–H and O–H groups in total. The van der Waals surface area contributed by atoms with E-state index in [1.54, 1.807) is 18.9 Å². The number of fused-ring (bicyclic) bond motifs is 1. The highest BCUT2D eigenvalue weighted by atomic mass is 16.5. The van der Waals surface area contributed by atoms with E-state index in [0.29, 0.717) is 18.1 Å². The van der Waals surface area contributed by atoms with Crippen LogP contribution in [0.4, 0.5) is 11.4 Å². The molecule has 0 radical (unpaired) electrons. The molecule has 0 bridgehead atoms. The van der Waals surface area contributed by atoms with Gasteiger partial charge in [0.1, 0.15) is 11.5 Å². The number of aromatic nitrogens is 4. The van der Waals surface area contributed by atoms with Crippen LogP contribution >= 0.6 is 0 Å². The molecule has 4 aromatic rings. The van der Waals surface area contributed by atoms with Crippen LogP contribution in [0.1, 0.15) is 39.5 Å². The molecule has 2 aromatic carbocycles. The van der Waals surface area contributed by atoms with Crippen LogP contribution in [-0.4, -0.2) is 52.1 Å². The van der Waals surface area contributed by atoms with Crippen molar-refractivity contribution >= 4 is 22.4 Å². The Balaban J connectivity index is 1.55. The maximum Gasteiger partial charge on any atom is 0.124 e. The Labute approximate surface area is 218 Å². The van der Waals surface area contributed by atoms with E-state index >= 15 is 0 Å². The monoisotopic (exact) mass is 500 g/mol. The second kappa shape index (κ2) is 10.8. The molecule has 0 aliphatic heterocycles. The number of anilines is 2. The van der Waals surface area contributed by atoms with E-state index in [-0.39, 0.29) is 0 Å². The minimum atomic E-state index is 0.342. The van der Waals surface area contributed by atoms with Crippen molar-refractivity contribution in [3.8, 4) is 22.8 Å². The molecule has 0 unspecified atom stereocenters. The first-order valence-electron chi connectivity index (χ1n) is 13.0. The van der Waals surface area contributed by atoms with Crippen LogP contribution in [0.15, 0.2) is 55.0 Å². The lowest BCUT2D eigenvalue weighted by Gasteiger charge is -2.39. The number of rotatable bonds is 8. The molecule has 1 saturated carbocycles. The number of hydrogen-bond donors (Lipinski definition) is 1. The Morgan fingerprint density at radius 1 is 0.919 bits per heavy atom. The van der Waals surface area contributed by atoms with E-state index in [1.165, 1.54) is 0 Å². The maximum atomic E-state index is 5.62. The smallest absolute Gasteiger partial charge is 0.124 e. The van der Waals surface area contributed by atoms with Crippen molar-refractivity contribution < 1.29 is 9.47 Å². The van der Waals surface area contributed by atoms with Crippen LogP contribution in [0.3, 0.4) is 0 Å². The number of ether oxygens (including phenoxy) is 2. The van der Waals surface area contributed by atoms with Gasteiger partial charge in [-0.2, -0.15) is 5.10 Å². The van der Waals surface area contributed by atoms with Crippen molar-refractivity contribution in [2.75, 3.05) is 19.1 Å². The lowest BCUT2D eigenvalue weighted by molar-refractivity contribution is 0.324. The van der Waals surface area contributed by atoms with Crippen LogP contribution in [0, 0.1) is 0 Å². The molecule has 194 valence electrons. The molecule has 37 heavy (non-hydrogen) atoms. The Bertz CT molecular complexity index is 1340. The van der Waals surface area contributed by atoms with Crippen molar-refractivity contribution in [1.29, 1.82) is 0 Å². The summed E-state index contributed by atoms with van der Waals surface area (Å²) in [5.41, 5.74) is 5.62. The van der Waals surface area contributed by atoms with Gasteiger partial charge in [-0.15, -0.1) is 0 Å². The third kappa shape index (κ3) is 5.54. The van der Waals surface area contributed by atoms with Crippen molar-refractivity contribution in [3.05, 3.63) is 55.0 Å². The third-order valence-corrected chi connectivity index (χ3v) is 7.05. The van der Waals surface area contributed by atoms with Gasteiger partial charge in [0, 0.05) is 66.5 Å². The summed E-state index contributed by atoms with van der Waals surface area (Å²) in [7, 11) is 5.29. The predicted octanol–water partition coefficient (Wildman–Crippen LogP) is 5.49. The third-order valence-electron chi connectivity index (χ3n) is 7.05. The molecule has 2 aromatic heterocycles. The van der Waals surface area contributed by atoms with E-state index in [0.717, 1.165) is 70.8 Å². The zero-order valence-corrected chi connectivity index (χ0v) is 22.3. The largest absolute Gasteiger partial charge is 0.497 e. The van der Waals surface area contributed by atoms with Crippen LogP contribution in [0.5, 0.6) is 11.5 Å². The molecule has 0 saturated heterocycles. The number of nitrogens with one attached hydrogen (secondary N) is 1. The summed E-state index contributed by atoms with van der Waals surface area (Å²) in [4.78, 5) is 12.1. The second-order valence-electron chi connectivity index (χ2n) is 10.1. The van der Waals surface area contributed by atoms with Crippen LogP contribution < -0.4 is 19.7 Å². The summed E-state index contributed by atoms with van der Waals surface area (Å²) in [5, 5.41) is 8.01. The molecule has 1 aliphatic rings. The Hall–Kier alpha value is -3.65. The maximum absolute atomic E-state index is 5.62. The normalized spacial score (nSPS) is 17.8. The summed E-state index contributed by atoms with van der Waals surface area (Å²) in [6.07, 6.45) is 10.0. The first kappa shape index (κ1) is 25.0. The number of aryl methyl sites for hydroxylation is 1. The quantitative estimate of drug-likeness (QED) is 0.343. The number of benzene rings is 2. The van der Waals surface area contributed by atoms with Gasteiger partial charge in [0.15, 0.2) is 0 Å². The van der Waals surface area contributed by atoms with Gasteiger partial charge in [-0.3, -0.25) is 9.67 Å². The molecule has 8 heteroatoms. The lowest BCUT2D eigenvalue weighted by Crippen LogP contribution is -2.42. The van der Waals surface area contributed by atoms with E-state index in [1.807, 2.05) is 31.7 Å². The number of hydrogen-bond acceptors (Lipinski definition) is 7. The number of nitrogens with zero attached hydrogens (tertiary/aromatic N) is 5. The molecule has 1 fully saturated rings. The first-order chi connectivity index (χ1) is 17.9. The molecular formula is C29H36N6O2. The zero-order valence-electron chi connectivity index (χ0n) is 22.3. The topological polar surface area (TPSA) is 77.3 Å². The SMILES string of the molecule is COc1cc(OC)cc(N(c2ccc3ncc(-c4cnn(C)c4)nc3c2)[C@H]2CC[C@@H](NC(C)C)CC2)c1. The summed E-state index contributed by atoms with van der Waals surface area (Å²) < 4.78 is 13.0. The van der Waals surface area contributed by atoms with Gasteiger partial charge in [-0.05, 0) is 43.9 Å². The summed E-state index contributed by atoms with van der Waals surface area (Å²) in [5.74, 6) is 1.54. The standard InChI is InChI=1S/C29H36N6O2/c1-19(2)32-21-6-8-22(9-7-21)35(24-12-25(36-4)15-26(13-24)37-5)23-10-11-27-28(14-23)33-29(17-30-27)20-16-31-34(3)18-20/h10-19,21-22,32H,6-9H2,1-5H3/t21-,22+. The minimum Gasteiger partial charge on any atom is -0.497 e. The molecular weight excluding hydrogens is 464 g/mol. The molecule has 5 rings (SSSR count). The van der Waals surface area contributed by atoms with Gasteiger partial charge in [-0.1, -0.05) is 13.8 Å². The van der Waals surface area contributed by atoms with Crippen LogP contribution in [0.2, 0.25) is 0 Å². The van der Waals surface area contributed by atoms with Gasteiger partial charge in [0.2, 0.25) is 0 Å². The Morgan fingerprint density at radius 2 is 1.65 bits per heavy atom.